The van der Waals surface area contributed by atoms with E-state index in [4.69, 9.17) is 0 Å². The predicted octanol–water partition coefficient (Wildman–Crippen LogP) is 2.25. The molecule has 1 saturated heterocycles. The van der Waals surface area contributed by atoms with Crippen molar-refractivity contribution in [2.45, 2.75) is 64.5 Å². The maximum atomic E-state index is 12.4. The second-order valence-corrected chi connectivity index (χ2v) is 6.09. The molecule has 0 aromatic heterocycles. The molecule has 0 bridgehead atoms. The number of amides is 2. The predicted molar refractivity (Wildman–Crippen MR) is 79.1 cm³/mol. The summed E-state index contributed by atoms with van der Waals surface area (Å²) >= 11 is 0. The highest BCUT2D eigenvalue weighted by Gasteiger charge is 2.29. The largest absolute Gasteiger partial charge is 0.344 e. The van der Waals surface area contributed by atoms with Crippen LogP contribution in [0.5, 0.6) is 0 Å². The molecule has 4 nitrogen and oxygen atoms in total. The Labute approximate surface area is 121 Å². The first kappa shape index (κ1) is 15.1. The van der Waals surface area contributed by atoms with Crippen LogP contribution >= 0.6 is 0 Å². The second kappa shape index (κ2) is 6.91. The quantitative estimate of drug-likeness (QED) is 0.805. The van der Waals surface area contributed by atoms with Crippen molar-refractivity contribution < 1.29 is 9.59 Å². The molecule has 1 aliphatic heterocycles. The molecular formula is C16H26N2O2. The lowest BCUT2D eigenvalue weighted by molar-refractivity contribution is -0.139. The van der Waals surface area contributed by atoms with Crippen molar-refractivity contribution in [1.29, 1.82) is 0 Å². The summed E-state index contributed by atoms with van der Waals surface area (Å²) in [6.45, 7) is 4.73. The monoisotopic (exact) mass is 278 g/mol. The van der Waals surface area contributed by atoms with E-state index < -0.39 is 6.04 Å². The molecule has 4 heteroatoms. The van der Waals surface area contributed by atoms with Crippen LogP contribution in [-0.4, -0.2) is 35.3 Å². The molecule has 0 spiro atoms. The first-order valence-electron chi connectivity index (χ1n) is 7.85. The number of carbonyl (C=O) groups is 2. The molecule has 0 aromatic rings. The van der Waals surface area contributed by atoms with Gasteiger partial charge >= 0.3 is 0 Å². The molecule has 0 radical (unpaired) electrons. The van der Waals surface area contributed by atoms with Gasteiger partial charge in [-0.05, 0) is 52.4 Å². The van der Waals surface area contributed by atoms with Crippen LogP contribution in [0.1, 0.15) is 52.4 Å². The van der Waals surface area contributed by atoms with Crippen molar-refractivity contribution in [1.82, 2.24) is 10.2 Å². The van der Waals surface area contributed by atoms with Crippen LogP contribution in [0.4, 0.5) is 0 Å². The Hall–Kier alpha value is -1.32. The van der Waals surface area contributed by atoms with Gasteiger partial charge in [-0.3, -0.25) is 9.59 Å². The Balaban J connectivity index is 1.86. The van der Waals surface area contributed by atoms with E-state index in [-0.39, 0.29) is 17.7 Å². The lowest BCUT2D eigenvalue weighted by Gasteiger charge is -2.35. The molecule has 20 heavy (non-hydrogen) atoms. The Morgan fingerprint density at radius 1 is 1.25 bits per heavy atom. The maximum absolute atomic E-state index is 12.4. The molecule has 2 aliphatic rings. The highest BCUT2D eigenvalue weighted by atomic mass is 16.2. The fourth-order valence-electron chi connectivity index (χ4n) is 3.10. The van der Waals surface area contributed by atoms with E-state index in [9.17, 15) is 9.59 Å². The Morgan fingerprint density at radius 2 is 2.05 bits per heavy atom. The zero-order valence-electron chi connectivity index (χ0n) is 12.6. The minimum absolute atomic E-state index is 0.0277. The Morgan fingerprint density at radius 3 is 2.70 bits per heavy atom. The lowest BCUT2D eigenvalue weighted by atomic mass is 9.93. The summed E-state index contributed by atoms with van der Waals surface area (Å²) in [4.78, 5) is 26.5. The summed E-state index contributed by atoms with van der Waals surface area (Å²) in [7, 11) is 0. The zero-order chi connectivity index (χ0) is 14.5. The van der Waals surface area contributed by atoms with Crippen LogP contribution in [0.25, 0.3) is 0 Å². The third kappa shape index (κ3) is 3.62. The smallest absolute Gasteiger partial charge is 0.245 e. The van der Waals surface area contributed by atoms with E-state index in [1.54, 1.807) is 6.92 Å². The second-order valence-electron chi connectivity index (χ2n) is 6.09. The molecule has 0 aromatic carbocycles. The van der Waals surface area contributed by atoms with Gasteiger partial charge in [0.1, 0.15) is 6.04 Å². The topological polar surface area (TPSA) is 49.4 Å². The molecule has 1 fully saturated rings. The van der Waals surface area contributed by atoms with Gasteiger partial charge in [-0.1, -0.05) is 12.2 Å². The summed E-state index contributed by atoms with van der Waals surface area (Å²) in [6.07, 6.45) is 10.2. The van der Waals surface area contributed by atoms with E-state index in [1.807, 2.05) is 4.90 Å². The van der Waals surface area contributed by atoms with Crippen LogP contribution in [0.2, 0.25) is 0 Å². The number of hydrogen-bond acceptors (Lipinski definition) is 2. The standard InChI is InChI=1S/C16H26N2O2/c1-12-8-6-7-11-18(12)16(20)13(2)17-15(19)14-9-4-3-5-10-14/h3-4,12-14H,5-11H2,1-2H3,(H,17,19)/t12-,13+,14-/m1/s1. The van der Waals surface area contributed by atoms with E-state index in [0.717, 1.165) is 38.6 Å². The maximum Gasteiger partial charge on any atom is 0.245 e. The Kier molecular flexibility index (Phi) is 5.21. The highest BCUT2D eigenvalue weighted by molar-refractivity contribution is 5.88. The molecule has 1 heterocycles. The number of nitrogens with zero attached hydrogens (tertiary/aromatic N) is 1. The van der Waals surface area contributed by atoms with Gasteiger partial charge in [0, 0.05) is 18.5 Å². The summed E-state index contributed by atoms with van der Waals surface area (Å²) in [5.74, 6) is 0.130. The normalized spacial score (nSPS) is 28.0. The van der Waals surface area contributed by atoms with Gasteiger partial charge < -0.3 is 10.2 Å². The minimum Gasteiger partial charge on any atom is -0.344 e. The first-order chi connectivity index (χ1) is 9.59. The van der Waals surface area contributed by atoms with E-state index in [0.29, 0.717) is 6.04 Å². The van der Waals surface area contributed by atoms with Crippen molar-refractivity contribution in [3.05, 3.63) is 12.2 Å². The first-order valence-corrected chi connectivity index (χ1v) is 7.85. The number of rotatable bonds is 3. The van der Waals surface area contributed by atoms with Crippen LogP contribution in [-0.2, 0) is 9.59 Å². The molecule has 2 amide bonds. The van der Waals surface area contributed by atoms with Crippen LogP contribution in [0.3, 0.4) is 0 Å². The van der Waals surface area contributed by atoms with Crippen LogP contribution in [0, 0.1) is 5.92 Å². The molecular weight excluding hydrogens is 252 g/mol. The molecule has 3 atom stereocenters. The van der Waals surface area contributed by atoms with Crippen LogP contribution in [0.15, 0.2) is 12.2 Å². The number of carbonyl (C=O) groups excluding carboxylic acids is 2. The molecule has 0 unspecified atom stereocenters. The molecule has 1 N–H and O–H groups in total. The molecule has 1 aliphatic carbocycles. The van der Waals surface area contributed by atoms with Crippen molar-refractivity contribution in [3.63, 3.8) is 0 Å². The lowest BCUT2D eigenvalue weighted by Crippen LogP contribution is -2.52. The van der Waals surface area contributed by atoms with Crippen LogP contribution < -0.4 is 5.32 Å². The van der Waals surface area contributed by atoms with Gasteiger partial charge in [0.2, 0.25) is 11.8 Å². The minimum atomic E-state index is -0.408. The van der Waals surface area contributed by atoms with Crippen molar-refractivity contribution in [2.24, 2.45) is 5.92 Å². The molecule has 112 valence electrons. The highest BCUT2D eigenvalue weighted by Crippen LogP contribution is 2.19. The average Bonchev–Trinajstić information content (AvgIpc) is 2.48. The van der Waals surface area contributed by atoms with E-state index in [2.05, 4.69) is 24.4 Å². The van der Waals surface area contributed by atoms with Gasteiger partial charge in [-0.25, -0.2) is 0 Å². The van der Waals surface area contributed by atoms with Crippen molar-refractivity contribution >= 4 is 11.8 Å². The SMILES string of the molecule is C[C@H](NC(=O)[C@@H]1CC=CCC1)C(=O)N1CCCC[C@H]1C. The van der Waals surface area contributed by atoms with Crippen molar-refractivity contribution in [3.8, 4) is 0 Å². The summed E-state index contributed by atoms with van der Waals surface area (Å²) in [5.41, 5.74) is 0. The number of allylic oxidation sites excluding steroid dienone is 2. The summed E-state index contributed by atoms with van der Waals surface area (Å²) < 4.78 is 0. The summed E-state index contributed by atoms with van der Waals surface area (Å²) in [6, 6.07) is -0.109. The van der Waals surface area contributed by atoms with E-state index >= 15 is 0 Å². The molecule has 0 saturated carbocycles. The molecule has 2 rings (SSSR count). The fourth-order valence-corrected chi connectivity index (χ4v) is 3.10. The van der Waals surface area contributed by atoms with Crippen molar-refractivity contribution in [2.75, 3.05) is 6.54 Å². The zero-order valence-corrected chi connectivity index (χ0v) is 12.6. The number of likely N-dealkylation sites (tertiary alicyclic amines) is 1. The van der Waals surface area contributed by atoms with Gasteiger partial charge in [0.05, 0.1) is 0 Å². The average molecular weight is 278 g/mol. The van der Waals surface area contributed by atoms with E-state index in [1.165, 1.54) is 6.42 Å². The van der Waals surface area contributed by atoms with Gasteiger partial charge in [-0.15, -0.1) is 0 Å². The fraction of sp³-hybridized carbons (Fsp3) is 0.750. The number of piperidine rings is 1. The number of hydrogen-bond donors (Lipinski definition) is 1. The third-order valence-corrected chi connectivity index (χ3v) is 4.46. The Bertz CT molecular complexity index is 392. The van der Waals surface area contributed by atoms with Gasteiger partial charge in [0.15, 0.2) is 0 Å². The van der Waals surface area contributed by atoms with Gasteiger partial charge in [0.25, 0.3) is 0 Å². The van der Waals surface area contributed by atoms with Gasteiger partial charge in [-0.2, -0.15) is 0 Å². The summed E-state index contributed by atoms with van der Waals surface area (Å²) in [5, 5.41) is 2.90. The third-order valence-electron chi connectivity index (χ3n) is 4.46. The number of nitrogens with one attached hydrogen (secondary N) is 1.